The third-order valence-corrected chi connectivity index (χ3v) is 4.07. The molecule has 0 saturated carbocycles. The van der Waals surface area contributed by atoms with Crippen LogP contribution in [0.15, 0.2) is 24.3 Å². The summed E-state index contributed by atoms with van der Waals surface area (Å²) in [6, 6.07) is 7.33. The quantitative estimate of drug-likeness (QED) is 0.888. The van der Waals surface area contributed by atoms with Crippen molar-refractivity contribution < 1.29 is 19.4 Å². The van der Waals surface area contributed by atoms with E-state index < -0.39 is 0 Å². The predicted molar refractivity (Wildman–Crippen MR) is 77.4 cm³/mol. The van der Waals surface area contributed by atoms with Crippen LogP contribution >= 0.6 is 0 Å². The summed E-state index contributed by atoms with van der Waals surface area (Å²) in [5.41, 5.74) is 0.590. The molecule has 2 aliphatic rings. The standard InChI is InChI=1S/C16H21NO4/c18-10-12-8-17(9-12)16(19)14-5-1-2-6-15(14)21-11-13-4-3-7-20-13/h1-2,5-6,12-13,18H,3-4,7-11H2. The predicted octanol–water partition coefficient (Wildman–Crippen LogP) is 1.31. The molecule has 5 heteroatoms. The molecule has 1 atom stereocenters. The zero-order chi connectivity index (χ0) is 14.7. The van der Waals surface area contributed by atoms with Crippen molar-refractivity contribution in [3.05, 3.63) is 29.8 Å². The first kappa shape index (κ1) is 14.4. The minimum absolute atomic E-state index is 0.0253. The van der Waals surface area contributed by atoms with E-state index in [1.54, 1.807) is 11.0 Å². The van der Waals surface area contributed by atoms with Crippen LogP contribution in [0.3, 0.4) is 0 Å². The summed E-state index contributed by atoms with van der Waals surface area (Å²) in [4.78, 5) is 14.2. The highest BCUT2D eigenvalue weighted by Gasteiger charge is 2.31. The van der Waals surface area contributed by atoms with Gasteiger partial charge in [0.25, 0.3) is 5.91 Å². The third-order valence-electron chi connectivity index (χ3n) is 4.07. The first-order valence-electron chi connectivity index (χ1n) is 7.51. The van der Waals surface area contributed by atoms with E-state index in [0.717, 1.165) is 19.4 Å². The molecule has 2 saturated heterocycles. The van der Waals surface area contributed by atoms with Crippen molar-refractivity contribution in [1.82, 2.24) is 4.90 Å². The number of ether oxygens (including phenoxy) is 2. The number of carbonyl (C=O) groups excluding carboxylic acids is 1. The zero-order valence-corrected chi connectivity index (χ0v) is 12.0. The Balaban J connectivity index is 1.63. The van der Waals surface area contributed by atoms with E-state index in [4.69, 9.17) is 14.6 Å². The number of hydrogen-bond donors (Lipinski definition) is 1. The van der Waals surface area contributed by atoms with Crippen LogP contribution in [0.5, 0.6) is 5.75 Å². The minimum atomic E-state index is -0.0253. The summed E-state index contributed by atoms with van der Waals surface area (Å²) in [6.07, 6.45) is 2.22. The maximum atomic E-state index is 12.4. The van der Waals surface area contributed by atoms with Crippen LogP contribution in [0.1, 0.15) is 23.2 Å². The van der Waals surface area contributed by atoms with Gasteiger partial charge in [-0.3, -0.25) is 4.79 Å². The summed E-state index contributed by atoms with van der Waals surface area (Å²) >= 11 is 0. The molecule has 1 aromatic rings. The molecule has 1 aromatic carbocycles. The number of carbonyl (C=O) groups is 1. The van der Waals surface area contributed by atoms with Crippen LogP contribution < -0.4 is 4.74 Å². The topological polar surface area (TPSA) is 59.0 Å². The fraction of sp³-hybridized carbons (Fsp3) is 0.562. The van der Waals surface area contributed by atoms with E-state index >= 15 is 0 Å². The van der Waals surface area contributed by atoms with E-state index in [1.807, 2.05) is 18.2 Å². The molecule has 2 heterocycles. The van der Waals surface area contributed by atoms with Gasteiger partial charge in [-0.2, -0.15) is 0 Å². The van der Waals surface area contributed by atoms with Gasteiger partial charge < -0.3 is 19.5 Å². The SMILES string of the molecule is O=C(c1ccccc1OCC1CCCO1)N1CC(CO)C1. The van der Waals surface area contributed by atoms with Crippen LogP contribution in [0, 0.1) is 5.92 Å². The maximum absolute atomic E-state index is 12.4. The van der Waals surface area contributed by atoms with Gasteiger partial charge in [-0.15, -0.1) is 0 Å². The lowest BCUT2D eigenvalue weighted by Crippen LogP contribution is -2.51. The zero-order valence-electron chi connectivity index (χ0n) is 12.0. The lowest BCUT2D eigenvalue weighted by molar-refractivity contribution is 0.0352. The summed E-state index contributed by atoms with van der Waals surface area (Å²) in [5.74, 6) is 0.807. The number of benzene rings is 1. The van der Waals surface area contributed by atoms with E-state index in [9.17, 15) is 4.79 Å². The highest BCUT2D eigenvalue weighted by molar-refractivity contribution is 5.97. The third kappa shape index (κ3) is 3.19. The van der Waals surface area contributed by atoms with Gasteiger partial charge in [-0.1, -0.05) is 12.1 Å². The Morgan fingerprint density at radius 3 is 2.90 bits per heavy atom. The summed E-state index contributed by atoms with van der Waals surface area (Å²) in [6.45, 7) is 2.67. The number of likely N-dealkylation sites (tertiary alicyclic amines) is 1. The van der Waals surface area contributed by atoms with Crippen LogP contribution in [-0.4, -0.2) is 54.9 Å². The molecule has 21 heavy (non-hydrogen) atoms. The van der Waals surface area contributed by atoms with Crippen LogP contribution in [0.25, 0.3) is 0 Å². The normalized spacial score (nSPS) is 22.1. The summed E-state index contributed by atoms with van der Waals surface area (Å²) < 4.78 is 11.3. The Hall–Kier alpha value is -1.59. The van der Waals surface area contributed by atoms with Crippen molar-refractivity contribution in [3.63, 3.8) is 0 Å². The highest BCUT2D eigenvalue weighted by Crippen LogP contribution is 2.25. The van der Waals surface area contributed by atoms with Gasteiger partial charge in [0.05, 0.1) is 11.7 Å². The van der Waals surface area contributed by atoms with Gasteiger partial charge in [0, 0.05) is 32.2 Å². The van der Waals surface area contributed by atoms with E-state index in [-0.39, 0.29) is 24.5 Å². The molecule has 3 rings (SSSR count). The van der Waals surface area contributed by atoms with Crippen molar-refractivity contribution in [3.8, 4) is 5.75 Å². The lowest BCUT2D eigenvalue weighted by Gasteiger charge is -2.38. The van der Waals surface area contributed by atoms with Gasteiger partial charge in [0.2, 0.25) is 0 Å². The molecular weight excluding hydrogens is 270 g/mol. The second-order valence-corrected chi connectivity index (χ2v) is 5.70. The number of rotatable bonds is 5. The summed E-state index contributed by atoms with van der Waals surface area (Å²) in [5, 5.41) is 9.04. The molecule has 0 aliphatic carbocycles. The van der Waals surface area contributed by atoms with Crippen molar-refractivity contribution >= 4 is 5.91 Å². The number of aliphatic hydroxyl groups excluding tert-OH is 1. The van der Waals surface area contributed by atoms with Gasteiger partial charge in [0.1, 0.15) is 12.4 Å². The smallest absolute Gasteiger partial charge is 0.257 e. The monoisotopic (exact) mass is 291 g/mol. The molecule has 1 N–H and O–H groups in total. The van der Waals surface area contributed by atoms with Crippen molar-refractivity contribution in [2.75, 3.05) is 32.9 Å². The first-order valence-corrected chi connectivity index (χ1v) is 7.51. The Bertz CT molecular complexity index is 493. The molecule has 1 amide bonds. The maximum Gasteiger partial charge on any atom is 0.257 e. The average Bonchev–Trinajstić information content (AvgIpc) is 2.97. The van der Waals surface area contributed by atoms with Crippen molar-refractivity contribution in [1.29, 1.82) is 0 Å². The van der Waals surface area contributed by atoms with Crippen LogP contribution in [0.2, 0.25) is 0 Å². The van der Waals surface area contributed by atoms with Gasteiger partial charge in [-0.05, 0) is 25.0 Å². The van der Waals surface area contributed by atoms with Gasteiger partial charge in [0.15, 0.2) is 0 Å². The average molecular weight is 291 g/mol. The number of nitrogens with zero attached hydrogens (tertiary/aromatic N) is 1. The van der Waals surface area contributed by atoms with Crippen molar-refractivity contribution in [2.24, 2.45) is 5.92 Å². The number of hydrogen-bond acceptors (Lipinski definition) is 4. The van der Waals surface area contributed by atoms with E-state index in [2.05, 4.69) is 0 Å². The Morgan fingerprint density at radius 2 is 2.19 bits per heavy atom. The molecule has 5 nitrogen and oxygen atoms in total. The molecule has 114 valence electrons. The number of para-hydroxylation sites is 1. The lowest BCUT2D eigenvalue weighted by atomic mass is 10.00. The molecule has 0 spiro atoms. The molecular formula is C16H21NO4. The number of amides is 1. The molecule has 2 aliphatic heterocycles. The van der Waals surface area contributed by atoms with Crippen molar-refractivity contribution in [2.45, 2.75) is 18.9 Å². The largest absolute Gasteiger partial charge is 0.490 e. The van der Waals surface area contributed by atoms with Gasteiger partial charge in [-0.25, -0.2) is 0 Å². The molecule has 0 bridgehead atoms. The molecule has 0 aromatic heterocycles. The van der Waals surface area contributed by atoms with Gasteiger partial charge >= 0.3 is 0 Å². The first-order chi connectivity index (χ1) is 10.3. The molecule has 2 fully saturated rings. The Kier molecular flexibility index (Phi) is 4.41. The Morgan fingerprint density at radius 1 is 1.38 bits per heavy atom. The number of aliphatic hydroxyl groups is 1. The fourth-order valence-corrected chi connectivity index (χ4v) is 2.75. The van der Waals surface area contributed by atoms with Crippen LogP contribution in [-0.2, 0) is 4.74 Å². The minimum Gasteiger partial charge on any atom is -0.490 e. The fourth-order valence-electron chi connectivity index (χ4n) is 2.75. The van der Waals surface area contributed by atoms with E-state index in [0.29, 0.717) is 31.0 Å². The highest BCUT2D eigenvalue weighted by atomic mass is 16.5. The molecule has 0 radical (unpaired) electrons. The summed E-state index contributed by atoms with van der Waals surface area (Å²) in [7, 11) is 0. The molecule has 1 unspecified atom stereocenters. The van der Waals surface area contributed by atoms with Crippen LogP contribution in [0.4, 0.5) is 0 Å². The Labute approximate surface area is 124 Å². The second kappa shape index (κ2) is 6.45. The van der Waals surface area contributed by atoms with E-state index in [1.165, 1.54) is 0 Å². The second-order valence-electron chi connectivity index (χ2n) is 5.70.